The van der Waals surface area contributed by atoms with Gasteiger partial charge in [-0.2, -0.15) is 0 Å². The zero-order chi connectivity index (χ0) is 13.0. The second-order valence-electron chi connectivity index (χ2n) is 5.14. The lowest BCUT2D eigenvalue weighted by atomic mass is 9.97. The van der Waals surface area contributed by atoms with E-state index in [2.05, 4.69) is 32.1 Å². The summed E-state index contributed by atoms with van der Waals surface area (Å²) in [7, 11) is 0. The summed E-state index contributed by atoms with van der Waals surface area (Å²) >= 11 is 0. The van der Waals surface area contributed by atoms with Crippen LogP contribution in [0.3, 0.4) is 0 Å². The quantitative estimate of drug-likeness (QED) is 0.757. The van der Waals surface area contributed by atoms with E-state index in [1.165, 1.54) is 5.56 Å². The molecule has 1 aromatic carbocycles. The summed E-state index contributed by atoms with van der Waals surface area (Å²) in [5, 5.41) is 0. The Kier molecular flexibility index (Phi) is 4.19. The number of carbonyl (C=O) groups excluding carboxylic acids is 1. The Morgan fingerprint density at radius 1 is 1.22 bits per heavy atom. The van der Waals surface area contributed by atoms with Crippen molar-refractivity contribution in [3.05, 3.63) is 47.5 Å². The van der Waals surface area contributed by atoms with Gasteiger partial charge in [-0.1, -0.05) is 50.3 Å². The molecule has 1 unspecified atom stereocenters. The van der Waals surface area contributed by atoms with Crippen LogP contribution >= 0.6 is 0 Å². The normalized spacial score (nSPS) is 19.6. The molecule has 1 aromatic rings. The van der Waals surface area contributed by atoms with Crippen LogP contribution in [0.15, 0.2) is 42.0 Å². The summed E-state index contributed by atoms with van der Waals surface area (Å²) in [6.45, 7) is 4.17. The molecule has 0 bridgehead atoms. The molecule has 0 aromatic heterocycles. The molecule has 1 atom stereocenters. The van der Waals surface area contributed by atoms with Crippen LogP contribution in [0.25, 0.3) is 0 Å². The van der Waals surface area contributed by atoms with Gasteiger partial charge in [-0.05, 0) is 24.3 Å². The number of hydrogen-bond donors (Lipinski definition) is 0. The highest BCUT2D eigenvalue weighted by Gasteiger charge is 2.24. The second kappa shape index (κ2) is 5.85. The number of aryl methyl sites for hydroxylation is 1. The van der Waals surface area contributed by atoms with E-state index in [9.17, 15) is 4.79 Å². The van der Waals surface area contributed by atoms with E-state index in [1.54, 1.807) is 0 Å². The topological polar surface area (TPSA) is 26.3 Å². The zero-order valence-corrected chi connectivity index (χ0v) is 11.1. The first-order chi connectivity index (χ1) is 8.66. The molecule has 0 N–H and O–H groups in total. The molecule has 1 heterocycles. The number of carbonyl (C=O) groups is 1. The predicted octanol–water partition coefficient (Wildman–Crippen LogP) is 3.52. The fraction of sp³-hybridized carbons (Fsp3) is 0.438. The first-order valence-corrected chi connectivity index (χ1v) is 6.60. The molecular formula is C16H20O2. The van der Waals surface area contributed by atoms with E-state index in [0.717, 1.165) is 24.8 Å². The molecule has 0 aliphatic carbocycles. The zero-order valence-electron chi connectivity index (χ0n) is 11.1. The first kappa shape index (κ1) is 12.9. The molecule has 0 amide bonds. The molecule has 0 saturated carbocycles. The van der Waals surface area contributed by atoms with Gasteiger partial charge in [0.1, 0.15) is 6.10 Å². The molecule has 0 fully saturated rings. The highest BCUT2D eigenvalue weighted by atomic mass is 16.5. The summed E-state index contributed by atoms with van der Waals surface area (Å²) in [6.07, 6.45) is 4.63. The van der Waals surface area contributed by atoms with E-state index in [1.807, 2.05) is 18.2 Å². The van der Waals surface area contributed by atoms with Gasteiger partial charge in [0.05, 0.1) is 0 Å². The predicted molar refractivity (Wildman–Crippen MR) is 72.2 cm³/mol. The van der Waals surface area contributed by atoms with Crippen LogP contribution in [0, 0.1) is 5.92 Å². The minimum atomic E-state index is -0.129. The Hall–Kier alpha value is -1.57. The van der Waals surface area contributed by atoms with Crippen molar-refractivity contribution in [2.45, 2.75) is 39.2 Å². The Labute approximate surface area is 109 Å². The molecule has 2 nitrogen and oxygen atoms in total. The third-order valence-electron chi connectivity index (χ3n) is 3.39. The summed E-state index contributed by atoms with van der Waals surface area (Å²) in [4.78, 5) is 11.8. The van der Waals surface area contributed by atoms with Gasteiger partial charge < -0.3 is 4.74 Å². The lowest BCUT2D eigenvalue weighted by Crippen LogP contribution is -2.28. The van der Waals surface area contributed by atoms with Crippen LogP contribution in [-0.2, 0) is 16.0 Å². The van der Waals surface area contributed by atoms with Gasteiger partial charge in [0.15, 0.2) is 0 Å². The lowest BCUT2D eigenvalue weighted by Gasteiger charge is -2.25. The van der Waals surface area contributed by atoms with Gasteiger partial charge >= 0.3 is 5.97 Å². The number of rotatable bonds is 4. The molecule has 1 aliphatic heterocycles. The first-order valence-electron chi connectivity index (χ1n) is 6.60. The van der Waals surface area contributed by atoms with Crippen molar-refractivity contribution >= 4 is 5.97 Å². The fourth-order valence-corrected chi connectivity index (χ4v) is 2.14. The van der Waals surface area contributed by atoms with Gasteiger partial charge in [0, 0.05) is 12.0 Å². The Morgan fingerprint density at radius 2 is 1.94 bits per heavy atom. The van der Waals surface area contributed by atoms with Crippen molar-refractivity contribution < 1.29 is 9.53 Å². The third kappa shape index (κ3) is 3.22. The fourth-order valence-electron chi connectivity index (χ4n) is 2.14. The van der Waals surface area contributed by atoms with E-state index < -0.39 is 0 Å². The van der Waals surface area contributed by atoms with Crippen LogP contribution < -0.4 is 0 Å². The molecule has 18 heavy (non-hydrogen) atoms. The SMILES string of the molecule is CC(C)C1CC=C(CCc2ccccc2)C(=O)O1. The standard InChI is InChI=1S/C16H20O2/c1-12(2)15-11-10-14(16(17)18-15)9-8-13-6-4-3-5-7-13/h3-7,10,12,15H,8-9,11H2,1-2H3. The van der Waals surface area contributed by atoms with Crippen molar-refractivity contribution in [3.63, 3.8) is 0 Å². The number of ether oxygens (including phenoxy) is 1. The number of benzene rings is 1. The van der Waals surface area contributed by atoms with Crippen molar-refractivity contribution in [2.24, 2.45) is 5.92 Å². The van der Waals surface area contributed by atoms with Gasteiger partial charge in [0.25, 0.3) is 0 Å². The van der Waals surface area contributed by atoms with Gasteiger partial charge in [-0.15, -0.1) is 0 Å². The molecule has 96 valence electrons. The Bertz CT molecular complexity index is 432. The summed E-state index contributed by atoms with van der Waals surface area (Å²) in [5.41, 5.74) is 2.09. The summed E-state index contributed by atoms with van der Waals surface area (Å²) in [5.74, 6) is 0.261. The molecule has 0 saturated heterocycles. The number of esters is 1. The van der Waals surface area contributed by atoms with E-state index in [-0.39, 0.29) is 12.1 Å². The smallest absolute Gasteiger partial charge is 0.333 e. The van der Waals surface area contributed by atoms with Gasteiger partial charge in [-0.3, -0.25) is 0 Å². The van der Waals surface area contributed by atoms with Crippen molar-refractivity contribution in [1.29, 1.82) is 0 Å². The largest absolute Gasteiger partial charge is 0.458 e. The second-order valence-corrected chi connectivity index (χ2v) is 5.14. The molecule has 2 rings (SSSR count). The molecule has 2 heteroatoms. The summed E-state index contributed by atoms with van der Waals surface area (Å²) < 4.78 is 5.44. The molecule has 1 aliphatic rings. The lowest BCUT2D eigenvalue weighted by molar-refractivity contribution is -0.147. The van der Waals surface area contributed by atoms with Gasteiger partial charge in [-0.25, -0.2) is 4.79 Å². The van der Waals surface area contributed by atoms with Crippen molar-refractivity contribution in [2.75, 3.05) is 0 Å². The maximum absolute atomic E-state index is 11.8. The van der Waals surface area contributed by atoms with Crippen LogP contribution in [0.5, 0.6) is 0 Å². The summed E-state index contributed by atoms with van der Waals surface area (Å²) in [6, 6.07) is 10.2. The van der Waals surface area contributed by atoms with E-state index in [0.29, 0.717) is 5.92 Å². The van der Waals surface area contributed by atoms with Crippen molar-refractivity contribution in [3.8, 4) is 0 Å². The van der Waals surface area contributed by atoms with Gasteiger partial charge in [0.2, 0.25) is 0 Å². The molecule has 0 radical (unpaired) electrons. The third-order valence-corrected chi connectivity index (χ3v) is 3.39. The van der Waals surface area contributed by atoms with E-state index in [4.69, 9.17) is 4.74 Å². The maximum Gasteiger partial charge on any atom is 0.333 e. The highest BCUT2D eigenvalue weighted by Crippen LogP contribution is 2.22. The Morgan fingerprint density at radius 3 is 2.56 bits per heavy atom. The van der Waals surface area contributed by atoms with Crippen LogP contribution in [0.2, 0.25) is 0 Å². The van der Waals surface area contributed by atoms with Crippen molar-refractivity contribution in [1.82, 2.24) is 0 Å². The Balaban J connectivity index is 1.92. The average Bonchev–Trinajstić information content (AvgIpc) is 2.38. The van der Waals surface area contributed by atoms with Crippen LogP contribution in [0.4, 0.5) is 0 Å². The van der Waals surface area contributed by atoms with E-state index >= 15 is 0 Å². The number of hydrogen-bond acceptors (Lipinski definition) is 2. The van der Waals surface area contributed by atoms with Crippen LogP contribution in [0.1, 0.15) is 32.3 Å². The maximum atomic E-state index is 11.8. The average molecular weight is 244 g/mol. The minimum Gasteiger partial charge on any atom is -0.458 e. The number of cyclic esters (lactones) is 1. The molecule has 0 spiro atoms. The van der Waals surface area contributed by atoms with Crippen LogP contribution in [-0.4, -0.2) is 12.1 Å². The highest BCUT2D eigenvalue weighted by molar-refractivity contribution is 5.89. The monoisotopic (exact) mass is 244 g/mol. The minimum absolute atomic E-state index is 0.0537. The molecular weight excluding hydrogens is 224 g/mol.